The maximum absolute atomic E-state index is 13.3. The molecule has 3 rings (SSSR count). The second kappa shape index (κ2) is 9.48. The second-order valence-corrected chi connectivity index (χ2v) is 7.60. The van der Waals surface area contributed by atoms with Gasteiger partial charge in [0, 0.05) is 18.0 Å². The van der Waals surface area contributed by atoms with E-state index in [4.69, 9.17) is 0 Å². The lowest BCUT2D eigenvalue weighted by molar-refractivity contribution is -0.128. The first-order valence-corrected chi connectivity index (χ1v) is 10.3. The first-order valence-electron chi connectivity index (χ1n) is 8.43. The molecule has 140 valence electrons. The van der Waals surface area contributed by atoms with Gasteiger partial charge < -0.3 is 4.90 Å². The van der Waals surface area contributed by atoms with Crippen LogP contribution in [0, 0.1) is 5.82 Å². The number of benzene rings is 1. The number of hydrogen-bond acceptors (Lipinski definition) is 5. The molecule has 0 fully saturated rings. The lowest BCUT2D eigenvalue weighted by atomic mass is 10.2. The highest BCUT2D eigenvalue weighted by atomic mass is 32.2. The average molecular weight is 403 g/mol. The molecule has 2 aromatic heterocycles. The minimum Gasteiger partial charge on any atom is -0.338 e. The molecule has 5 nitrogen and oxygen atoms in total. The van der Waals surface area contributed by atoms with Crippen LogP contribution in [-0.2, 0) is 11.3 Å². The normalized spacial score (nSPS) is 11.2. The predicted molar refractivity (Wildman–Crippen MR) is 108 cm³/mol. The minimum atomic E-state index is -0.297. The Morgan fingerprint density at radius 3 is 2.96 bits per heavy atom. The Morgan fingerprint density at radius 2 is 2.22 bits per heavy atom. The summed E-state index contributed by atoms with van der Waals surface area (Å²) in [6.45, 7) is 2.84. The molecule has 0 aliphatic heterocycles. The number of rotatable bonds is 8. The van der Waals surface area contributed by atoms with Gasteiger partial charge in [0.05, 0.1) is 5.75 Å². The predicted octanol–water partition coefficient (Wildman–Crippen LogP) is 4.32. The molecule has 8 heteroatoms. The van der Waals surface area contributed by atoms with Crippen molar-refractivity contribution in [3.05, 3.63) is 63.9 Å². The van der Waals surface area contributed by atoms with Gasteiger partial charge in [-0.1, -0.05) is 30.0 Å². The zero-order valence-corrected chi connectivity index (χ0v) is 16.4. The molecule has 27 heavy (non-hydrogen) atoms. The van der Waals surface area contributed by atoms with Crippen LogP contribution in [0.25, 0.3) is 12.2 Å². The zero-order valence-electron chi connectivity index (χ0n) is 14.8. The van der Waals surface area contributed by atoms with E-state index in [9.17, 15) is 9.18 Å². The van der Waals surface area contributed by atoms with E-state index >= 15 is 0 Å². The Hall–Kier alpha value is -2.45. The lowest BCUT2D eigenvalue weighted by Gasteiger charge is -2.20. The molecule has 0 saturated carbocycles. The van der Waals surface area contributed by atoms with Crippen LogP contribution in [0.1, 0.15) is 23.2 Å². The largest absolute Gasteiger partial charge is 0.338 e. The fourth-order valence-electron chi connectivity index (χ4n) is 2.39. The summed E-state index contributed by atoms with van der Waals surface area (Å²) in [5.41, 5.74) is 0.772. The number of carbonyl (C=O) groups excluding carboxylic acids is 1. The fourth-order valence-corrected chi connectivity index (χ4v) is 3.72. The number of nitrogens with one attached hydrogen (secondary N) is 1. The molecule has 0 saturated heterocycles. The number of aromatic nitrogens is 3. The Balaban J connectivity index is 1.53. The number of H-pyrrole nitrogens is 1. The highest BCUT2D eigenvalue weighted by molar-refractivity contribution is 7.99. The monoisotopic (exact) mass is 402 g/mol. The number of halogens is 1. The van der Waals surface area contributed by atoms with Crippen LogP contribution in [-0.4, -0.2) is 38.3 Å². The summed E-state index contributed by atoms with van der Waals surface area (Å²) in [6.07, 6.45) is 3.82. The van der Waals surface area contributed by atoms with E-state index < -0.39 is 0 Å². The molecule has 3 aromatic rings. The van der Waals surface area contributed by atoms with Crippen molar-refractivity contribution in [2.75, 3.05) is 12.3 Å². The Morgan fingerprint density at radius 1 is 1.33 bits per heavy atom. The van der Waals surface area contributed by atoms with Crippen LogP contribution in [0.3, 0.4) is 0 Å². The van der Waals surface area contributed by atoms with Crippen molar-refractivity contribution in [3.8, 4) is 0 Å². The SMILES string of the molecule is CCN(Cc1cccc(F)c1)C(=O)CSc1n[nH]c(/C=C/c2cccs2)n1. The van der Waals surface area contributed by atoms with Crippen LogP contribution in [0.15, 0.2) is 46.9 Å². The van der Waals surface area contributed by atoms with Gasteiger partial charge in [-0.25, -0.2) is 9.37 Å². The number of carbonyl (C=O) groups is 1. The number of nitrogens with zero attached hydrogens (tertiary/aromatic N) is 3. The minimum absolute atomic E-state index is 0.0350. The van der Waals surface area contributed by atoms with E-state index in [-0.39, 0.29) is 17.5 Å². The summed E-state index contributed by atoms with van der Waals surface area (Å²) in [6, 6.07) is 10.3. The van der Waals surface area contributed by atoms with Gasteiger partial charge in [0.1, 0.15) is 11.6 Å². The Labute approximate surface area is 165 Å². The van der Waals surface area contributed by atoms with Crippen molar-refractivity contribution in [1.29, 1.82) is 0 Å². The molecule has 1 amide bonds. The van der Waals surface area contributed by atoms with Crippen molar-refractivity contribution in [2.24, 2.45) is 0 Å². The molecule has 0 spiro atoms. The summed E-state index contributed by atoms with van der Waals surface area (Å²) in [5, 5.41) is 9.51. The van der Waals surface area contributed by atoms with Crippen molar-refractivity contribution < 1.29 is 9.18 Å². The zero-order chi connectivity index (χ0) is 19.1. The van der Waals surface area contributed by atoms with E-state index in [1.165, 1.54) is 23.9 Å². The van der Waals surface area contributed by atoms with E-state index in [2.05, 4.69) is 15.2 Å². The summed E-state index contributed by atoms with van der Waals surface area (Å²) in [4.78, 5) is 19.6. The van der Waals surface area contributed by atoms with Crippen molar-refractivity contribution >= 4 is 41.2 Å². The van der Waals surface area contributed by atoms with Gasteiger partial charge in [0.2, 0.25) is 11.1 Å². The quantitative estimate of drug-likeness (QED) is 0.570. The third-order valence-electron chi connectivity index (χ3n) is 3.75. The first-order chi connectivity index (χ1) is 13.1. The fraction of sp³-hybridized carbons (Fsp3) is 0.211. The maximum Gasteiger partial charge on any atom is 0.233 e. The standard InChI is InChI=1S/C19H19FN4OS2/c1-2-24(12-14-5-3-6-15(20)11-14)18(25)13-27-19-21-17(22-23-19)9-8-16-7-4-10-26-16/h3-11H,2,12-13H2,1H3,(H,21,22,23)/b9-8+. The molecular formula is C19H19FN4OS2. The van der Waals surface area contributed by atoms with Gasteiger partial charge in [0.15, 0.2) is 0 Å². The molecule has 0 radical (unpaired) electrons. The molecule has 2 heterocycles. The molecule has 0 unspecified atom stereocenters. The number of aromatic amines is 1. The van der Waals surface area contributed by atoms with Gasteiger partial charge in [-0.15, -0.1) is 16.4 Å². The van der Waals surface area contributed by atoms with Crippen LogP contribution >= 0.6 is 23.1 Å². The number of amides is 1. The first kappa shape index (κ1) is 19.3. The topological polar surface area (TPSA) is 61.9 Å². The maximum atomic E-state index is 13.3. The lowest BCUT2D eigenvalue weighted by Crippen LogP contribution is -2.31. The highest BCUT2D eigenvalue weighted by Gasteiger charge is 2.14. The average Bonchev–Trinajstić information content (AvgIpc) is 3.34. The summed E-state index contributed by atoms with van der Waals surface area (Å²) < 4.78 is 13.3. The van der Waals surface area contributed by atoms with E-state index in [1.54, 1.807) is 22.3 Å². The van der Waals surface area contributed by atoms with E-state index in [1.807, 2.05) is 42.7 Å². The van der Waals surface area contributed by atoms with E-state index in [0.29, 0.717) is 24.1 Å². The van der Waals surface area contributed by atoms with Crippen LogP contribution < -0.4 is 0 Å². The van der Waals surface area contributed by atoms with Crippen LogP contribution in [0.4, 0.5) is 4.39 Å². The van der Waals surface area contributed by atoms with Crippen molar-refractivity contribution in [1.82, 2.24) is 20.1 Å². The highest BCUT2D eigenvalue weighted by Crippen LogP contribution is 2.16. The van der Waals surface area contributed by atoms with Crippen LogP contribution in [0.2, 0.25) is 0 Å². The smallest absolute Gasteiger partial charge is 0.233 e. The van der Waals surface area contributed by atoms with E-state index in [0.717, 1.165) is 10.4 Å². The Kier molecular flexibility index (Phi) is 6.78. The van der Waals surface area contributed by atoms with Crippen LogP contribution in [0.5, 0.6) is 0 Å². The number of hydrogen-bond donors (Lipinski definition) is 1. The third kappa shape index (κ3) is 5.77. The summed E-state index contributed by atoms with van der Waals surface area (Å²) in [7, 11) is 0. The summed E-state index contributed by atoms with van der Waals surface area (Å²) in [5.74, 6) is 0.543. The van der Waals surface area contributed by atoms with Gasteiger partial charge in [0.25, 0.3) is 0 Å². The summed E-state index contributed by atoms with van der Waals surface area (Å²) >= 11 is 2.92. The molecular weight excluding hydrogens is 383 g/mol. The molecule has 0 bridgehead atoms. The molecule has 0 aliphatic rings. The van der Waals surface area contributed by atoms with Crippen molar-refractivity contribution in [3.63, 3.8) is 0 Å². The molecule has 1 N–H and O–H groups in total. The third-order valence-corrected chi connectivity index (χ3v) is 5.42. The number of thiophene rings is 1. The molecule has 0 aliphatic carbocycles. The van der Waals surface area contributed by atoms with Gasteiger partial charge in [-0.2, -0.15) is 0 Å². The Bertz CT molecular complexity index is 908. The molecule has 1 aromatic carbocycles. The van der Waals surface area contributed by atoms with Gasteiger partial charge in [-0.05, 0) is 48.2 Å². The van der Waals surface area contributed by atoms with Crippen molar-refractivity contribution in [2.45, 2.75) is 18.6 Å². The van der Waals surface area contributed by atoms with Gasteiger partial charge >= 0.3 is 0 Å². The van der Waals surface area contributed by atoms with Gasteiger partial charge in [-0.3, -0.25) is 9.89 Å². The molecule has 0 atom stereocenters. The second-order valence-electron chi connectivity index (χ2n) is 5.68. The number of thioether (sulfide) groups is 1.